The number of aromatic nitrogens is 1. The molecule has 4 heteroatoms. The Hall–Kier alpha value is -1.16. The van der Waals surface area contributed by atoms with E-state index >= 15 is 0 Å². The molecule has 78 valence electrons. The largest absolute Gasteiger partial charge is 0.408 e. The number of aryl methyl sites for hydroxylation is 1. The zero-order valence-electron chi connectivity index (χ0n) is 8.29. The van der Waals surface area contributed by atoms with Gasteiger partial charge in [0.25, 0.3) is 0 Å². The van der Waals surface area contributed by atoms with E-state index in [0.29, 0.717) is 23.2 Å². The van der Waals surface area contributed by atoms with E-state index in [0.717, 1.165) is 10.9 Å². The Kier molecular flexibility index (Phi) is 2.86. The van der Waals surface area contributed by atoms with E-state index in [1.807, 2.05) is 19.1 Å². The Morgan fingerprint density at radius 1 is 1.47 bits per heavy atom. The number of benzene rings is 1. The van der Waals surface area contributed by atoms with Crippen LogP contribution in [0.2, 0.25) is 0 Å². The lowest BCUT2D eigenvalue weighted by molar-refractivity contribution is 0.442. The fourth-order valence-corrected chi connectivity index (χ4v) is 1.77. The van der Waals surface area contributed by atoms with Gasteiger partial charge in [0.2, 0.25) is 0 Å². The van der Waals surface area contributed by atoms with Crippen LogP contribution in [0.3, 0.4) is 0 Å². The first-order chi connectivity index (χ1) is 7.20. The second-order valence-electron chi connectivity index (χ2n) is 3.31. The molecule has 0 unspecified atom stereocenters. The van der Waals surface area contributed by atoms with Crippen molar-refractivity contribution in [2.24, 2.45) is 0 Å². The first-order valence-electron chi connectivity index (χ1n) is 4.80. The minimum atomic E-state index is -0.315. The summed E-state index contributed by atoms with van der Waals surface area (Å²) >= 11 is 3.31. The fraction of sp³-hybridized carbons (Fsp3) is 0.273. The molecule has 15 heavy (non-hydrogen) atoms. The number of nitrogens with zero attached hydrogens (tertiary/aromatic N) is 1. The van der Waals surface area contributed by atoms with Gasteiger partial charge in [0, 0.05) is 10.9 Å². The van der Waals surface area contributed by atoms with Crippen LogP contribution in [0.4, 0.5) is 0 Å². The summed E-state index contributed by atoms with van der Waals surface area (Å²) in [6, 6.07) is 5.41. The molecule has 1 aromatic carbocycles. The Bertz CT molecular complexity index is 548. The van der Waals surface area contributed by atoms with Crippen molar-refractivity contribution in [1.29, 1.82) is 0 Å². The van der Waals surface area contributed by atoms with E-state index in [9.17, 15) is 4.79 Å². The van der Waals surface area contributed by atoms with Gasteiger partial charge in [0.15, 0.2) is 5.89 Å². The molecule has 0 aliphatic carbocycles. The third kappa shape index (κ3) is 2.09. The third-order valence-electron chi connectivity index (χ3n) is 2.10. The SMILES string of the molecule is CCCc1nc2ccc(Br)cc2c(=O)o1. The highest BCUT2D eigenvalue weighted by Crippen LogP contribution is 2.15. The Morgan fingerprint density at radius 3 is 3.00 bits per heavy atom. The summed E-state index contributed by atoms with van der Waals surface area (Å²) in [6.07, 6.45) is 1.61. The van der Waals surface area contributed by atoms with E-state index in [4.69, 9.17) is 4.42 Å². The van der Waals surface area contributed by atoms with Gasteiger partial charge in [-0.2, -0.15) is 0 Å². The molecule has 0 bridgehead atoms. The van der Waals surface area contributed by atoms with Crippen molar-refractivity contribution in [1.82, 2.24) is 4.98 Å². The predicted octanol–water partition coefficient (Wildman–Crippen LogP) is 2.90. The molecule has 0 saturated heterocycles. The molecule has 0 N–H and O–H groups in total. The normalized spacial score (nSPS) is 10.8. The molecule has 0 spiro atoms. The van der Waals surface area contributed by atoms with Crippen LogP contribution in [0.25, 0.3) is 10.9 Å². The van der Waals surface area contributed by atoms with Crippen LogP contribution < -0.4 is 5.63 Å². The summed E-state index contributed by atoms with van der Waals surface area (Å²) in [4.78, 5) is 15.9. The molecular formula is C11H10BrNO2. The summed E-state index contributed by atoms with van der Waals surface area (Å²) in [5.74, 6) is 0.511. The Balaban J connectivity index is 2.67. The molecule has 2 aromatic rings. The number of hydrogen-bond acceptors (Lipinski definition) is 3. The highest BCUT2D eigenvalue weighted by Gasteiger charge is 2.05. The van der Waals surface area contributed by atoms with Gasteiger partial charge in [-0.05, 0) is 24.6 Å². The van der Waals surface area contributed by atoms with Crippen molar-refractivity contribution in [3.8, 4) is 0 Å². The van der Waals surface area contributed by atoms with Gasteiger partial charge in [-0.3, -0.25) is 0 Å². The van der Waals surface area contributed by atoms with Gasteiger partial charge in [-0.25, -0.2) is 9.78 Å². The van der Waals surface area contributed by atoms with E-state index in [-0.39, 0.29) is 5.63 Å². The monoisotopic (exact) mass is 267 g/mol. The van der Waals surface area contributed by atoms with Crippen LogP contribution >= 0.6 is 15.9 Å². The van der Waals surface area contributed by atoms with Crippen LogP contribution in [0, 0.1) is 0 Å². The number of rotatable bonds is 2. The third-order valence-corrected chi connectivity index (χ3v) is 2.59. The Morgan fingerprint density at radius 2 is 2.27 bits per heavy atom. The minimum absolute atomic E-state index is 0.315. The quantitative estimate of drug-likeness (QED) is 0.841. The zero-order valence-corrected chi connectivity index (χ0v) is 9.87. The van der Waals surface area contributed by atoms with E-state index in [2.05, 4.69) is 20.9 Å². The molecule has 1 heterocycles. The minimum Gasteiger partial charge on any atom is -0.408 e. The van der Waals surface area contributed by atoms with Gasteiger partial charge < -0.3 is 4.42 Å². The first-order valence-corrected chi connectivity index (χ1v) is 5.59. The molecule has 0 fully saturated rings. The average Bonchev–Trinajstić information content (AvgIpc) is 2.20. The van der Waals surface area contributed by atoms with Gasteiger partial charge in [-0.1, -0.05) is 22.9 Å². The van der Waals surface area contributed by atoms with Crippen molar-refractivity contribution in [3.63, 3.8) is 0 Å². The standard InChI is InChI=1S/C11H10BrNO2/c1-2-3-10-13-9-5-4-7(12)6-8(9)11(14)15-10/h4-6H,2-3H2,1H3. The lowest BCUT2D eigenvalue weighted by Gasteiger charge is -1.99. The zero-order chi connectivity index (χ0) is 10.8. The van der Waals surface area contributed by atoms with Crippen molar-refractivity contribution in [2.45, 2.75) is 19.8 Å². The first kappa shape index (κ1) is 10.4. The van der Waals surface area contributed by atoms with Gasteiger partial charge in [-0.15, -0.1) is 0 Å². The number of halogens is 1. The molecule has 2 rings (SSSR count). The second-order valence-corrected chi connectivity index (χ2v) is 4.22. The van der Waals surface area contributed by atoms with E-state index < -0.39 is 0 Å². The van der Waals surface area contributed by atoms with Crippen LogP contribution in [0.5, 0.6) is 0 Å². The number of fused-ring (bicyclic) bond motifs is 1. The van der Waals surface area contributed by atoms with Gasteiger partial charge >= 0.3 is 5.63 Å². The molecule has 0 atom stereocenters. The molecule has 0 aliphatic rings. The predicted molar refractivity (Wildman–Crippen MR) is 62.0 cm³/mol. The van der Waals surface area contributed by atoms with Crippen LogP contribution in [0.1, 0.15) is 19.2 Å². The summed E-state index contributed by atoms with van der Waals surface area (Å²) in [7, 11) is 0. The molecule has 1 aromatic heterocycles. The topological polar surface area (TPSA) is 43.1 Å². The Labute approximate surface area is 95.3 Å². The highest BCUT2D eigenvalue weighted by molar-refractivity contribution is 9.10. The highest BCUT2D eigenvalue weighted by atomic mass is 79.9. The summed E-state index contributed by atoms with van der Waals surface area (Å²) in [6.45, 7) is 2.02. The van der Waals surface area contributed by atoms with Crippen molar-refractivity contribution < 1.29 is 4.42 Å². The van der Waals surface area contributed by atoms with Gasteiger partial charge in [0.05, 0.1) is 10.9 Å². The lowest BCUT2D eigenvalue weighted by Crippen LogP contribution is -2.04. The van der Waals surface area contributed by atoms with Crippen molar-refractivity contribution in [2.75, 3.05) is 0 Å². The lowest BCUT2D eigenvalue weighted by atomic mass is 10.2. The number of hydrogen-bond donors (Lipinski definition) is 0. The van der Waals surface area contributed by atoms with Crippen LogP contribution in [-0.4, -0.2) is 4.98 Å². The molecule has 0 radical (unpaired) electrons. The van der Waals surface area contributed by atoms with Crippen molar-refractivity contribution in [3.05, 3.63) is 39.0 Å². The molecule has 0 saturated carbocycles. The van der Waals surface area contributed by atoms with Crippen LogP contribution in [0.15, 0.2) is 31.9 Å². The van der Waals surface area contributed by atoms with Crippen molar-refractivity contribution >= 4 is 26.8 Å². The fourth-order valence-electron chi connectivity index (χ4n) is 1.41. The average molecular weight is 268 g/mol. The maximum Gasteiger partial charge on any atom is 0.346 e. The molecule has 3 nitrogen and oxygen atoms in total. The second kappa shape index (κ2) is 4.14. The van der Waals surface area contributed by atoms with Gasteiger partial charge in [0.1, 0.15) is 0 Å². The summed E-state index contributed by atoms with van der Waals surface area (Å²) in [5.41, 5.74) is 0.377. The molecular weight excluding hydrogens is 258 g/mol. The molecule has 0 aliphatic heterocycles. The molecule has 0 amide bonds. The summed E-state index contributed by atoms with van der Waals surface area (Å²) < 4.78 is 5.95. The van der Waals surface area contributed by atoms with Crippen LogP contribution in [-0.2, 0) is 6.42 Å². The maximum atomic E-state index is 11.6. The maximum absolute atomic E-state index is 11.6. The van der Waals surface area contributed by atoms with E-state index in [1.54, 1.807) is 6.07 Å². The van der Waals surface area contributed by atoms with E-state index in [1.165, 1.54) is 0 Å². The summed E-state index contributed by atoms with van der Waals surface area (Å²) in [5, 5.41) is 0.518. The smallest absolute Gasteiger partial charge is 0.346 e.